The zero-order valence-corrected chi connectivity index (χ0v) is 16.2. The summed E-state index contributed by atoms with van der Waals surface area (Å²) < 4.78 is 0.887. The van der Waals surface area contributed by atoms with E-state index in [1.54, 1.807) is 23.5 Å². The van der Waals surface area contributed by atoms with Crippen molar-refractivity contribution in [3.63, 3.8) is 0 Å². The number of carbonyl (C=O) groups excluding carboxylic acids is 1. The quantitative estimate of drug-likeness (QED) is 0.576. The van der Waals surface area contributed by atoms with E-state index in [9.17, 15) is 4.79 Å². The molecule has 1 heterocycles. The molecule has 1 amide bonds. The minimum absolute atomic E-state index is 0.0309. The summed E-state index contributed by atoms with van der Waals surface area (Å²) in [6, 6.07) is 6.49. The zero-order valence-electron chi connectivity index (χ0n) is 13.8. The van der Waals surface area contributed by atoms with Crippen molar-refractivity contribution in [2.24, 2.45) is 0 Å². The minimum Gasteiger partial charge on any atom is -0.300 e. The van der Waals surface area contributed by atoms with Crippen LogP contribution in [0, 0.1) is 13.8 Å². The molecule has 0 aliphatic rings. The number of thioether (sulfide) groups is 2. The van der Waals surface area contributed by atoms with Gasteiger partial charge in [0.25, 0.3) is 0 Å². The molecule has 1 aromatic carbocycles. The molecule has 1 aromatic heterocycles. The monoisotopic (exact) mass is 367 g/mol. The lowest BCUT2D eigenvalue weighted by atomic mass is 10.1. The molecule has 23 heavy (non-hydrogen) atoms. The summed E-state index contributed by atoms with van der Waals surface area (Å²) in [5.74, 6) is 1.22. The minimum atomic E-state index is -0.0309. The summed E-state index contributed by atoms with van der Waals surface area (Å²) in [4.78, 5) is 12.0. The average Bonchev–Trinajstić information content (AvgIpc) is 2.83. The number of rotatable bonds is 7. The second-order valence-corrected chi connectivity index (χ2v) is 9.36. The highest BCUT2D eigenvalue weighted by Gasteiger charge is 2.10. The highest BCUT2D eigenvalue weighted by atomic mass is 32.2. The van der Waals surface area contributed by atoms with Crippen molar-refractivity contribution in [3.8, 4) is 0 Å². The molecule has 0 fully saturated rings. The molecule has 4 nitrogen and oxygen atoms in total. The van der Waals surface area contributed by atoms with Gasteiger partial charge in [-0.2, -0.15) is 0 Å². The second-order valence-electron chi connectivity index (χ2n) is 5.58. The molecule has 0 saturated carbocycles. The van der Waals surface area contributed by atoms with Crippen LogP contribution < -0.4 is 5.32 Å². The van der Waals surface area contributed by atoms with Gasteiger partial charge in [0.15, 0.2) is 4.34 Å². The Labute approximate surface area is 149 Å². The Kier molecular flexibility index (Phi) is 6.92. The molecule has 0 aliphatic heterocycles. The first kappa shape index (κ1) is 18.3. The highest BCUT2D eigenvalue weighted by molar-refractivity contribution is 8.01. The van der Waals surface area contributed by atoms with E-state index in [4.69, 9.17) is 0 Å². The second kappa shape index (κ2) is 8.70. The van der Waals surface area contributed by atoms with E-state index in [0.29, 0.717) is 16.1 Å². The van der Waals surface area contributed by atoms with Crippen LogP contribution in [0.15, 0.2) is 22.5 Å². The topological polar surface area (TPSA) is 54.9 Å². The zero-order chi connectivity index (χ0) is 16.8. The van der Waals surface area contributed by atoms with E-state index in [0.717, 1.165) is 10.1 Å². The van der Waals surface area contributed by atoms with Crippen molar-refractivity contribution in [2.45, 2.75) is 43.0 Å². The van der Waals surface area contributed by atoms with Crippen LogP contribution in [-0.2, 0) is 10.5 Å². The van der Waals surface area contributed by atoms with Gasteiger partial charge in [-0.3, -0.25) is 10.1 Å². The van der Waals surface area contributed by atoms with Crippen molar-refractivity contribution in [1.82, 2.24) is 10.2 Å². The maximum absolute atomic E-state index is 12.0. The summed E-state index contributed by atoms with van der Waals surface area (Å²) in [5, 5.41) is 11.9. The van der Waals surface area contributed by atoms with E-state index >= 15 is 0 Å². The third kappa shape index (κ3) is 6.53. The molecule has 0 aliphatic carbocycles. The Morgan fingerprint density at radius 3 is 2.57 bits per heavy atom. The van der Waals surface area contributed by atoms with Crippen molar-refractivity contribution in [1.29, 1.82) is 0 Å². The maximum atomic E-state index is 12.0. The van der Waals surface area contributed by atoms with Gasteiger partial charge in [0.1, 0.15) is 0 Å². The molecule has 0 atom stereocenters. The average molecular weight is 368 g/mol. The van der Waals surface area contributed by atoms with Gasteiger partial charge in [0.05, 0.1) is 5.75 Å². The predicted molar refractivity (Wildman–Crippen MR) is 102 cm³/mol. The normalized spacial score (nSPS) is 11.0. The van der Waals surface area contributed by atoms with E-state index < -0.39 is 0 Å². The summed E-state index contributed by atoms with van der Waals surface area (Å²) >= 11 is 4.68. The van der Waals surface area contributed by atoms with Gasteiger partial charge >= 0.3 is 0 Å². The predicted octanol–water partition coefficient (Wildman–Crippen LogP) is 4.53. The molecule has 2 aromatic rings. The number of aryl methyl sites for hydroxylation is 2. The van der Waals surface area contributed by atoms with Gasteiger partial charge < -0.3 is 0 Å². The fourth-order valence-corrected chi connectivity index (χ4v) is 4.83. The number of nitrogens with zero attached hydrogens (tertiary/aromatic N) is 2. The number of anilines is 1. The summed E-state index contributed by atoms with van der Waals surface area (Å²) in [7, 11) is 0. The molecular weight excluding hydrogens is 346 g/mol. The molecule has 0 radical (unpaired) electrons. The van der Waals surface area contributed by atoms with E-state index in [1.165, 1.54) is 28.0 Å². The standard InChI is InChI=1S/C16H21N3OS3/c1-10(2)22-16-19-18-15(23-16)17-14(20)9-21-8-13-6-11(3)5-12(4)7-13/h5-7,10H,8-9H2,1-4H3,(H,17,18,20). The molecule has 1 N–H and O–H groups in total. The van der Waals surface area contributed by atoms with Gasteiger partial charge in [-0.25, -0.2) is 0 Å². The first-order chi connectivity index (χ1) is 10.9. The van der Waals surface area contributed by atoms with Crippen LogP contribution in [0.2, 0.25) is 0 Å². The van der Waals surface area contributed by atoms with E-state index in [2.05, 4.69) is 61.4 Å². The molecule has 124 valence electrons. The molecule has 0 saturated heterocycles. The van der Waals surface area contributed by atoms with Crippen molar-refractivity contribution in [2.75, 3.05) is 11.1 Å². The Balaban J connectivity index is 1.77. The van der Waals surface area contributed by atoms with Crippen molar-refractivity contribution in [3.05, 3.63) is 34.9 Å². The lowest BCUT2D eigenvalue weighted by molar-refractivity contribution is -0.113. The van der Waals surface area contributed by atoms with E-state index in [-0.39, 0.29) is 5.91 Å². The molecule has 7 heteroatoms. The number of benzene rings is 1. The van der Waals surface area contributed by atoms with Crippen LogP contribution in [0.5, 0.6) is 0 Å². The molecule has 0 spiro atoms. The van der Waals surface area contributed by atoms with Gasteiger partial charge in [-0.05, 0) is 19.4 Å². The van der Waals surface area contributed by atoms with Gasteiger partial charge in [0, 0.05) is 11.0 Å². The van der Waals surface area contributed by atoms with Crippen LogP contribution >= 0.6 is 34.9 Å². The summed E-state index contributed by atoms with van der Waals surface area (Å²) in [6.07, 6.45) is 0. The van der Waals surface area contributed by atoms with Gasteiger partial charge in [-0.1, -0.05) is 66.3 Å². The van der Waals surface area contributed by atoms with Gasteiger partial charge in [-0.15, -0.1) is 22.0 Å². The Morgan fingerprint density at radius 2 is 1.91 bits per heavy atom. The molecule has 0 bridgehead atoms. The first-order valence-corrected chi connectivity index (χ1v) is 10.2. The van der Waals surface area contributed by atoms with Gasteiger partial charge in [0.2, 0.25) is 11.0 Å². The smallest absolute Gasteiger partial charge is 0.236 e. The van der Waals surface area contributed by atoms with Crippen LogP contribution in [0.25, 0.3) is 0 Å². The van der Waals surface area contributed by atoms with Crippen LogP contribution in [0.4, 0.5) is 5.13 Å². The maximum Gasteiger partial charge on any atom is 0.236 e. The largest absolute Gasteiger partial charge is 0.300 e. The first-order valence-electron chi connectivity index (χ1n) is 7.37. The van der Waals surface area contributed by atoms with Crippen LogP contribution in [0.1, 0.15) is 30.5 Å². The number of carbonyl (C=O) groups is 1. The Morgan fingerprint density at radius 1 is 1.22 bits per heavy atom. The van der Waals surface area contributed by atoms with Crippen molar-refractivity contribution >= 4 is 45.9 Å². The lowest BCUT2D eigenvalue weighted by Crippen LogP contribution is -2.14. The number of hydrogen-bond acceptors (Lipinski definition) is 6. The third-order valence-corrected chi connectivity index (χ3v) is 5.70. The number of aromatic nitrogens is 2. The molecular formula is C16H21N3OS3. The fourth-order valence-electron chi connectivity index (χ4n) is 2.08. The van der Waals surface area contributed by atoms with Crippen LogP contribution in [-0.4, -0.2) is 27.1 Å². The lowest BCUT2D eigenvalue weighted by Gasteiger charge is -2.05. The van der Waals surface area contributed by atoms with Crippen molar-refractivity contribution < 1.29 is 4.79 Å². The highest BCUT2D eigenvalue weighted by Crippen LogP contribution is 2.28. The summed E-state index contributed by atoms with van der Waals surface area (Å²) in [5.41, 5.74) is 3.77. The summed E-state index contributed by atoms with van der Waals surface area (Å²) in [6.45, 7) is 8.40. The fraction of sp³-hybridized carbons (Fsp3) is 0.438. The van der Waals surface area contributed by atoms with E-state index in [1.807, 2.05) is 0 Å². The number of nitrogens with one attached hydrogen (secondary N) is 1. The Bertz CT molecular complexity index is 650. The SMILES string of the molecule is Cc1cc(C)cc(CSCC(=O)Nc2nnc(SC(C)C)s2)c1. The number of amides is 1. The van der Waals surface area contributed by atoms with Crippen LogP contribution in [0.3, 0.4) is 0 Å². The molecule has 2 rings (SSSR count). The molecule has 0 unspecified atom stereocenters. The Hall–Kier alpha value is -1.05. The number of hydrogen-bond donors (Lipinski definition) is 1. The third-order valence-electron chi connectivity index (χ3n) is 2.77.